The van der Waals surface area contributed by atoms with Gasteiger partial charge in [0.15, 0.2) is 5.82 Å². The van der Waals surface area contributed by atoms with Crippen molar-refractivity contribution in [1.29, 1.82) is 0 Å². The summed E-state index contributed by atoms with van der Waals surface area (Å²) in [6.45, 7) is 4.87. The molecule has 2 aliphatic rings. The summed E-state index contributed by atoms with van der Waals surface area (Å²) in [7, 11) is 0. The lowest BCUT2D eigenvalue weighted by molar-refractivity contribution is -0.134. The Bertz CT molecular complexity index is 986. The molecular weight excluding hydrogens is 354 g/mol. The largest absolute Gasteiger partial charge is 0.351 e. The highest BCUT2D eigenvalue weighted by Crippen LogP contribution is 2.30. The van der Waals surface area contributed by atoms with Crippen molar-refractivity contribution in [3.05, 3.63) is 42.1 Å². The molecule has 5 rings (SSSR count). The molecule has 1 amide bonds. The third-order valence-corrected chi connectivity index (χ3v) is 5.97. The van der Waals surface area contributed by atoms with Crippen molar-refractivity contribution in [2.24, 2.45) is 0 Å². The van der Waals surface area contributed by atoms with E-state index in [1.54, 1.807) is 10.9 Å². The van der Waals surface area contributed by atoms with E-state index in [0.717, 1.165) is 37.3 Å². The van der Waals surface area contributed by atoms with Gasteiger partial charge in [-0.3, -0.25) is 9.48 Å². The Labute approximate surface area is 163 Å². The Balaban J connectivity index is 1.35. The van der Waals surface area contributed by atoms with E-state index in [1.165, 1.54) is 24.1 Å². The lowest BCUT2D eigenvalue weighted by atomic mass is 9.97. The van der Waals surface area contributed by atoms with Gasteiger partial charge in [0.25, 0.3) is 0 Å². The molecule has 4 heterocycles. The summed E-state index contributed by atoms with van der Waals surface area (Å²) in [5.74, 6) is 1.13. The normalized spacial score (nSPS) is 18.3. The van der Waals surface area contributed by atoms with Crippen molar-refractivity contribution in [1.82, 2.24) is 29.3 Å². The van der Waals surface area contributed by atoms with Crippen molar-refractivity contribution in [3.8, 4) is 0 Å². The second-order valence-corrected chi connectivity index (χ2v) is 7.65. The maximum Gasteiger partial charge on any atom is 0.247 e. The fraction of sp³-hybridized carbons (Fsp3) is 0.500. The van der Waals surface area contributed by atoms with E-state index in [2.05, 4.69) is 10.00 Å². The molecule has 8 heteroatoms. The van der Waals surface area contributed by atoms with Crippen molar-refractivity contribution >= 4 is 17.2 Å². The zero-order valence-corrected chi connectivity index (χ0v) is 16.2. The third-order valence-electron chi connectivity index (χ3n) is 5.97. The molecule has 8 nitrogen and oxygen atoms in total. The molecule has 0 radical (unpaired) electrons. The molecule has 3 aromatic heterocycles. The van der Waals surface area contributed by atoms with Gasteiger partial charge >= 0.3 is 0 Å². The van der Waals surface area contributed by atoms with Crippen LogP contribution in [0, 0.1) is 0 Å². The minimum absolute atomic E-state index is 0.122. The van der Waals surface area contributed by atoms with E-state index in [0.29, 0.717) is 13.1 Å². The summed E-state index contributed by atoms with van der Waals surface area (Å²) in [5, 5.41) is 8.98. The van der Waals surface area contributed by atoms with Gasteiger partial charge in [-0.05, 0) is 38.7 Å². The van der Waals surface area contributed by atoms with Gasteiger partial charge in [0.2, 0.25) is 5.91 Å². The summed E-state index contributed by atoms with van der Waals surface area (Å²) >= 11 is 0. The lowest BCUT2D eigenvalue weighted by Gasteiger charge is -2.36. The van der Waals surface area contributed by atoms with Crippen LogP contribution in [0.4, 0.5) is 5.82 Å². The van der Waals surface area contributed by atoms with Crippen LogP contribution < -0.4 is 4.90 Å². The molecule has 0 saturated carbocycles. The SMILES string of the molecule is C[C@H](C(=O)N1CCN(c2nccn3nc4c(c23)CCCC4)CC1)n1cccn1. The number of carbonyl (C=O) groups excluding carboxylic acids is 1. The van der Waals surface area contributed by atoms with Gasteiger partial charge in [0.05, 0.1) is 5.69 Å². The smallest absolute Gasteiger partial charge is 0.247 e. The Morgan fingerprint density at radius 2 is 1.89 bits per heavy atom. The maximum atomic E-state index is 12.8. The predicted molar refractivity (Wildman–Crippen MR) is 105 cm³/mol. The second-order valence-electron chi connectivity index (χ2n) is 7.65. The first-order chi connectivity index (χ1) is 13.7. The van der Waals surface area contributed by atoms with E-state index in [-0.39, 0.29) is 11.9 Å². The summed E-state index contributed by atoms with van der Waals surface area (Å²) in [5.41, 5.74) is 3.74. The zero-order valence-electron chi connectivity index (χ0n) is 16.2. The number of amides is 1. The van der Waals surface area contributed by atoms with Crippen LogP contribution in [-0.2, 0) is 17.6 Å². The van der Waals surface area contributed by atoms with E-state index < -0.39 is 0 Å². The van der Waals surface area contributed by atoms with Crippen LogP contribution in [0.25, 0.3) is 5.52 Å². The molecule has 0 unspecified atom stereocenters. The topological polar surface area (TPSA) is 71.6 Å². The number of aryl methyl sites for hydroxylation is 2. The summed E-state index contributed by atoms with van der Waals surface area (Å²) in [4.78, 5) is 21.8. The Hall–Kier alpha value is -2.90. The number of aromatic nitrogens is 5. The van der Waals surface area contributed by atoms with Crippen molar-refractivity contribution in [3.63, 3.8) is 0 Å². The molecule has 1 fully saturated rings. The Morgan fingerprint density at radius 1 is 1.07 bits per heavy atom. The molecule has 0 spiro atoms. The highest BCUT2D eigenvalue weighted by molar-refractivity contribution is 5.80. The van der Waals surface area contributed by atoms with Crippen LogP contribution in [0.1, 0.15) is 37.1 Å². The molecule has 146 valence electrons. The van der Waals surface area contributed by atoms with Crippen LogP contribution in [-0.4, -0.2) is 61.4 Å². The Morgan fingerprint density at radius 3 is 2.68 bits per heavy atom. The maximum absolute atomic E-state index is 12.8. The van der Waals surface area contributed by atoms with Crippen molar-refractivity contribution < 1.29 is 4.79 Å². The minimum Gasteiger partial charge on any atom is -0.351 e. The molecule has 3 aromatic rings. The summed E-state index contributed by atoms with van der Waals surface area (Å²) < 4.78 is 3.71. The number of rotatable bonds is 3. The van der Waals surface area contributed by atoms with Gasteiger partial charge in [0, 0.05) is 56.5 Å². The number of carbonyl (C=O) groups is 1. The monoisotopic (exact) mass is 379 g/mol. The van der Waals surface area contributed by atoms with Crippen molar-refractivity contribution in [2.45, 2.75) is 38.6 Å². The van der Waals surface area contributed by atoms with Crippen LogP contribution in [0.3, 0.4) is 0 Å². The van der Waals surface area contributed by atoms with Gasteiger partial charge in [-0.1, -0.05) is 0 Å². The van der Waals surface area contributed by atoms with Gasteiger partial charge in [0.1, 0.15) is 11.6 Å². The molecule has 1 aliphatic heterocycles. The molecule has 1 saturated heterocycles. The van der Waals surface area contributed by atoms with E-state index >= 15 is 0 Å². The fourth-order valence-corrected chi connectivity index (χ4v) is 4.40. The van der Waals surface area contributed by atoms with E-state index in [1.807, 2.05) is 41.0 Å². The number of fused-ring (bicyclic) bond motifs is 3. The summed E-state index contributed by atoms with van der Waals surface area (Å²) in [6.07, 6.45) is 11.9. The number of piperazine rings is 1. The third kappa shape index (κ3) is 2.83. The highest BCUT2D eigenvalue weighted by atomic mass is 16.2. The molecule has 28 heavy (non-hydrogen) atoms. The van der Waals surface area contributed by atoms with Crippen molar-refractivity contribution in [2.75, 3.05) is 31.1 Å². The first-order valence-corrected chi connectivity index (χ1v) is 10.1. The van der Waals surface area contributed by atoms with E-state index in [4.69, 9.17) is 10.1 Å². The van der Waals surface area contributed by atoms with Gasteiger partial charge < -0.3 is 9.80 Å². The molecule has 0 bridgehead atoms. The molecule has 0 N–H and O–H groups in total. The summed E-state index contributed by atoms with van der Waals surface area (Å²) in [6, 6.07) is 1.57. The van der Waals surface area contributed by atoms with Gasteiger partial charge in [-0.2, -0.15) is 10.2 Å². The number of hydrogen-bond donors (Lipinski definition) is 0. The van der Waals surface area contributed by atoms with E-state index in [9.17, 15) is 4.79 Å². The lowest BCUT2D eigenvalue weighted by Crippen LogP contribution is -2.50. The van der Waals surface area contributed by atoms with Gasteiger partial charge in [-0.15, -0.1) is 0 Å². The number of hydrogen-bond acceptors (Lipinski definition) is 5. The number of nitrogens with zero attached hydrogens (tertiary/aromatic N) is 7. The van der Waals surface area contributed by atoms with Crippen LogP contribution in [0.2, 0.25) is 0 Å². The minimum atomic E-state index is -0.273. The zero-order chi connectivity index (χ0) is 19.1. The predicted octanol–water partition coefficient (Wildman–Crippen LogP) is 1.71. The average molecular weight is 379 g/mol. The van der Waals surface area contributed by atoms with Crippen LogP contribution in [0.15, 0.2) is 30.9 Å². The Kier molecular flexibility index (Phi) is 4.26. The first-order valence-electron chi connectivity index (χ1n) is 10.1. The quantitative estimate of drug-likeness (QED) is 0.693. The number of anilines is 1. The molecule has 1 aliphatic carbocycles. The molecule has 0 aromatic carbocycles. The second kappa shape index (κ2) is 6.92. The molecule has 1 atom stereocenters. The highest BCUT2D eigenvalue weighted by Gasteiger charge is 2.28. The van der Waals surface area contributed by atoms with Gasteiger partial charge in [-0.25, -0.2) is 9.50 Å². The standard InChI is InChI=1S/C20H25N7O/c1-15(26-9-4-7-22-26)20(28)25-13-11-24(12-14-25)19-18-16-5-2-3-6-17(16)23-27(18)10-8-21-19/h4,7-10,15H,2-3,5-6,11-14H2,1H3/t15-/m1/s1. The average Bonchev–Trinajstić information content (AvgIpc) is 3.40. The van der Waals surface area contributed by atoms with Crippen LogP contribution in [0.5, 0.6) is 0 Å². The molecular formula is C20H25N7O. The first kappa shape index (κ1) is 17.2. The fourth-order valence-electron chi connectivity index (χ4n) is 4.40. The van der Waals surface area contributed by atoms with Crippen LogP contribution >= 0.6 is 0 Å².